The SMILES string of the molecule is O=C(Nc1nc(-c2ccc3c(c2)OCO3)cs1)c1ccccc1COc1ccccc1. The van der Waals surface area contributed by atoms with Crippen LogP contribution in [0.4, 0.5) is 5.13 Å². The lowest BCUT2D eigenvalue weighted by Gasteiger charge is -2.10. The first-order chi connectivity index (χ1) is 15.3. The second kappa shape index (κ2) is 8.49. The minimum absolute atomic E-state index is 0.223. The van der Waals surface area contributed by atoms with Crippen molar-refractivity contribution in [2.75, 3.05) is 12.1 Å². The quantitative estimate of drug-likeness (QED) is 0.445. The Kier molecular flexibility index (Phi) is 5.24. The molecule has 1 aliphatic rings. The summed E-state index contributed by atoms with van der Waals surface area (Å²) in [5.74, 6) is 1.95. The number of carbonyl (C=O) groups excluding carboxylic acids is 1. The molecule has 0 radical (unpaired) electrons. The molecule has 0 atom stereocenters. The van der Waals surface area contributed by atoms with Gasteiger partial charge in [0, 0.05) is 22.1 Å². The average Bonchev–Trinajstić information content (AvgIpc) is 3.47. The molecule has 0 aliphatic carbocycles. The second-order valence-electron chi connectivity index (χ2n) is 6.82. The van der Waals surface area contributed by atoms with Crippen LogP contribution in [0.3, 0.4) is 0 Å². The number of amides is 1. The number of fused-ring (bicyclic) bond motifs is 1. The smallest absolute Gasteiger partial charge is 0.257 e. The van der Waals surface area contributed by atoms with Gasteiger partial charge in [-0.05, 0) is 36.4 Å². The first-order valence-electron chi connectivity index (χ1n) is 9.69. The molecule has 4 aromatic rings. The number of thiazole rings is 1. The summed E-state index contributed by atoms with van der Waals surface area (Å²) in [4.78, 5) is 17.5. The third kappa shape index (κ3) is 4.22. The molecule has 0 bridgehead atoms. The number of hydrogen-bond donors (Lipinski definition) is 1. The number of rotatable bonds is 6. The number of hydrogen-bond acceptors (Lipinski definition) is 6. The number of para-hydroxylation sites is 1. The largest absolute Gasteiger partial charge is 0.489 e. The van der Waals surface area contributed by atoms with Gasteiger partial charge in [-0.2, -0.15) is 0 Å². The van der Waals surface area contributed by atoms with Crippen molar-refractivity contribution in [2.45, 2.75) is 6.61 Å². The van der Waals surface area contributed by atoms with E-state index in [1.54, 1.807) is 6.07 Å². The van der Waals surface area contributed by atoms with Crippen LogP contribution in [0.2, 0.25) is 0 Å². The monoisotopic (exact) mass is 430 g/mol. The molecule has 1 aromatic heterocycles. The number of benzene rings is 3. The lowest BCUT2D eigenvalue weighted by atomic mass is 10.1. The highest BCUT2D eigenvalue weighted by atomic mass is 32.1. The lowest BCUT2D eigenvalue weighted by Crippen LogP contribution is -2.15. The van der Waals surface area contributed by atoms with E-state index < -0.39 is 0 Å². The zero-order chi connectivity index (χ0) is 21.0. The van der Waals surface area contributed by atoms with Gasteiger partial charge >= 0.3 is 0 Å². The summed E-state index contributed by atoms with van der Waals surface area (Å²) < 4.78 is 16.6. The predicted octanol–water partition coefficient (Wildman–Crippen LogP) is 5.37. The summed E-state index contributed by atoms with van der Waals surface area (Å²) in [6.45, 7) is 0.526. The highest BCUT2D eigenvalue weighted by molar-refractivity contribution is 7.14. The minimum atomic E-state index is -0.223. The fourth-order valence-corrected chi connectivity index (χ4v) is 3.94. The van der Waals surface area contributed by atoms with Crippen LogP contribution in [0.25, 0.3) is 11.3 Å². The molecule has 0 saturated carbocycles. The van der Waals surface area contributed by atoms with Crippen molar-refractivity contribution in [1.29, 1.82) is 0 Å². The molecule has 0 spiro atoms. The molecule has 1 N–H and O–H groups in total. The molecule has 6 nitrogen and oxygen atoms in total. The van der Waals surface area contributed by atoms with Crippen molar-refractivity contribution in [3.63, 3.8) is 0 Å². The number of aromatic nitrogens is 1. The number of carbonyl (C=O) groups is 1. The Morgan fingerprint density at radius 1 is 1.00 bits per heavy atom. The van der Waals surface area contributed by atoms with Gasteiger partial charge in [0.05, 0.1) is 5.69 Å². The van der Waals surface area contributed by atoms with Gasteiger partial charge < -0.3 is 14.2 Å². The van der Waals surface area contributed by atoms with E-state index in [1.807, 2.05) is 72.1 Å². The van der Waals surface area contributed by atoms with E-state index in [4.69, 9.17) is 14.2 Å². The van der Waals surface area contributed by atoms with Crippen molar-refractivity contribution in [3.8, 4) is 28.5 Å². The van der Waals surface area contributed by atoms with E-state index in [0.29, 0.717) is 23.1 Å². The van der Waals surface area contributed by atoms with Crippen LogP contribution in [-0.2, 0) is 6.61 Å². The van der Waals surface area contributed by atoms with Gasteiger partial charge in [0.2, 0.25) is 6.79 Å². The first kappa shape index (κ1) is 19.1. The summed E-state index contributed by atoms with van der Waals surface area (Å²) in [5.41, 5.74) is 3.02. The van der Waals surface area contributed by atoms with E-state index in [1.165, 1.54) is 11.3 Å². The van der Waals surface area contributed by atoms with E-state index in [9.17, 15) is 4.79 Å². The van der Waals surface area contributed by atoms with E-state index >= 15 is 0 Å². The molecule has 154 valence electrons. The summed E-state index contributed by atoms with van der Waals surface area (Å²) in [6, 6.07) is 22.6. The highest BCUT2D eigenvalue weighted by Crippen LogP contribution is 2.36. The molecular weight excluding hydrogens is 412 g/mol. The van der Waals surface area contributed by atoms with Crippen molar-refractivity contribution in [3.05, 3.63) is 89.3 Å². The maximum absolute atomic E-state index is 12.9. The molecule has 0 saturated heterocycles. The molecule has 2 heterocycles. The Bertz CT molecular complexity index is 1220. The van der Waals surface area contributed by atoms with Crippen molar-refractivity contribution < 1.29 is 19.0 Å². The topological polar surface area (TPSA) is 69.7 Å². The summed E-state index contributed by atoms with van der Waals surface area (Å²) in [5, 5.41) is 5.32. The molecule has 3 aromatic carbocycles. The Labute approximate surface area is 183 Å². The van der Waals surface area contributed by atoms with E-state index in [-0.39, 0.29) is 12.7 Å². The number of ether oxygens (including phenoxy) is 3. The van der Waals surface area contributed by atoms with Crippen LogP contribution in [0.1, 0.15) is 15.9 Å². The van der Waals surface area contributed by atoms with Crippen LogP contribution in [0.15, 0.2) is 78.2 Å². The molecule has 1 amide bonds. The Morgan fingerprint density at radius 3 is 2.71 bits per heavy atom. The zero-order valence-electron chi connectivity index (χ0n) is 16.4. The molecule has 7 heteroatoms. The molecule has 1 aliphatic heterocycles. The first-order valence-corrected chi connectivity index (χ1v) is 10.6. The Hall–Kier alpha value is -3.84. The maximum Gasteiger partial charge on any atom is 0.257 e. The average molecular weight is 430 g/mol. The molecule has 31 heavy (non-hydrogen) atoms. The molecule has 0 fully saturated rings. The van der Waals surface area contributed by atoms with Gasteiger partial charge in [-0.25, -0.2) is 4.98 Å². The van der Waals surface area contributed by atoms with E-state index in [0.717, 1.165) is 28.3 Å². The van der Waals surface area contributed by atoms with Gasteiger partial charge in [-0.15, -0.1) is 11.3 Å². The third-order valence-corrected chi connectivity index (χ3v) is 5.55. The Balaban J connectivity index is 1.30. The maximum atomic E-state index is 12.9. The third-order valence-electron chi connectivity index (χ3n) is 4.79. The van der Waals surface area contributed by atoms with Gasteiger partial charge in [-0.1, -0.05) is 36.4 Å². The van der Waals surface area contributed by atoms with Crippen LogP contribution in [-0.4, -0.2) is 17.7 Å². The number of nitrogens with one attached hydrogen (secondary N) is 1. The molecule has 5 rings (SSSR count). The molecule has 0 unspecified atom stereocenters. The fourth-order valence-electron chi connectivity index (χ4n) is 3.23. The Morgan fingerprint density at radius 2 is 1.81 bits per heavy atom. The minimum Gasteiger partial charge on any atom is -0.489 e. The van der Waals surface area contributed by atoms with Crippen molar-refractivity contribution in [2.24, 2.45) is 0 Å². The van der Waals surface area contributed by atoms with Gasteiger partial charge in [0.15, 0.2) is 16.6 Å². The number of anilines is 1. The molecular formula is C24H18N2O4S. The highest BCUT2D eigenvalue weighted by Gasteiger charge is 2.17. The van der Waals surface area contributed by atoms with Crippen LogP contribution >= 0.6 is 11.3 Å². The van der Waals surface area contributed by atoms with Gasteiger partial charge in [0.25, 0.3) is 5.91 Å². The van der Waals surface area contributed by atoms with Crippen molar-refractivity contribution >= 4 is 22.4 Å². The van der Waals surface area contributed by atoms with Gasteiger partial charge in [0.1, 0.15) is 12.4 Å². The van der Waals surface area contributed by atoms with E-state index in [2.05, 4.69) is 10.3 Å². The predicted molar refractivity (Wildman–Crippen MR) is 119 cm³/mol. The van der Waals surface area contributed by atoms with Crippen LogP contribution < -0.4 is 19.5 Å². The summed E-state index contributed by atoms with van der Waals surface area (Å²) in [7, 11) is 0. The number of nitrogens with zero attached hydrogens (tertiary/aromatic N) is 1. The van der Waals surface area contributed by atoms with Crippen molar-refractivity contribution in [1.82, 2.24) is 4.98 Å². The summed E-state index contributed by atoms with van der Waals surface area (Å²) in [6.07, 6.45) is 0. The van der Waals surface area contributed by atoms with Gasteiger partial charge in [-0.3, -0.25) is 10.1 Å². The zero-order valence-corrected chi connectivity index (χ0v) is 17.2. The standard InChI is InChI=1S/C24H18N2O4S/c27-23(19-9-5-4-6-17(19)13-28-18-7-2-1-3-8-18)26-24-25-20(14-31-24)16-10-11-21-22(12-16)30-15-29-21/h1-12,14H,13,15H2,(H,25,26,27). The van der Waals surface area contributed by atoms with Crippen LogP contribution in [0.5, 0.6) is 17.2 Å². The summed E-state index contributed by atoms with van der Waals surface area (Å²) >= 11 is 1.37. The lowest BCUT2D eigenvalue weighted by molar-refractivity contribution is 0.102. The normalized spacial score (nSPS) is 11.9. The second-order valence-corrected chi connectivity index (χ2v) is 7.68. The van der Waals surface area contributed by atoms with Crippen LogP contribution in [0, 0.1) is 0 Å². The fraction of sp³-hybridized carbons (Fsp3) is 0.0833.